The van der Waals surface area contributed by atoms with E-state index < -0.39 is 5.60 Å². The Morgan fingerprint density at radius 2 is 1.24 bits per heavy atom. The predicted octanol–water partition coefficient (Wildman–Crippen LogP) is 3.00. The number of hydrogen-bond acceptors (Lipinski definition) is 3. The summed E-state index contributed by atoms with van der Waals surface area (Å²) >= 11 is 0. The van der Waals surface area contributed by atoms with E-state index in [-0.39, 0.29) is 24.5 Å². The van der Waals surface area contributed by atoms with Gasteiger partial charge < -0.3 is 26.4 Å². The van der Waals surface area contributed by atoms with Crippen molar-refractivity contribution in [2.45, 2.75) is 68.9 Å². The van der Waals surface area contributed by atoms with Gasteiger partial charge in [-0.2, -0.15) is 0 Å². The number of ether oxygens (including phenoxy) is 2. The van der Waals surface area contributed by atoms with E-state index >= 15 is 0 Å². The fourth-order valence-electron chi connectivity index (χ4n) is 7.28. The molecular weight excluding hydrogens is 482 g/mol. The maximum atomic E-state index is 14.3. The number of quaternary nitrogens is 1. The van der Waals surface area contributed by atoms with Gasteiger partial charge in [-0.05, 0) is 16.7 Å². The molecule has 6 rings (SSSR count). The van der Waals surface area contributed by atoms with Gasteiger partial charge in [0, 0.05) is 38.5 Å². The zero-order chi connectivity index (χ0) is 24.4. The van der Waals surface area contributed by atoms with Crippen LogP contribution in [-0.4, -0.2) is 41.7 Å². The highest BCUT2D eigenvalue weighted by atomic mass is 35.5. The lowest BCUT2D eigenvalue weighted by Crippen LogP contribution is -3.00. The van der Waals surface area contributed by atoms with Crippen molar-refractivity contribution in [2.75, 3.05) is 13.1 Å². The first-order valence-corrected chi connectivity index (χ1v) is 13.6. The van der Waals surface area contributed by atoms with Gasteiger partial charge >= 0.3 is 5.97 Å². The molecule has 3 aromatic carbocycles. The van der Waals surface area contributed by atoms with E-state index in [1.165, 1.54) is 43.3 Å². The van der Waals surface area contributed by atoms with Crippen LogP contribution >= 0.6 is 0 Å². The summed E-state index contributed by atoms with van der Waals surface area (Å²) < 4.78 is 14.4. The fraction of sp³-hybridized carbons (Fsp3) is 0.406. The number of rotatable bonds is 7. The summed E-state index contributed by atoms with van der Waals surface area (Å²) in [4.78, 5) is 14.3. The number of halogens is 1. The van der Waals surface area contributed by atoms with Crippen LogP contribution in [0.25, 0.3) is 0 Å². The number of hydrogen-bond donors (Lipinski definition) is 0. The number of carbonyl (C=O) groups is 1. The second-order valence-corrected chi connectivity index (χ2v) is 10.8. The molecule has 3 aromatic rings. The van der Waals surface area contributed by atoms with Crippen molar-refractivity contribution in [1.82, 2.24) is 0 Å². The van der Waals surface area contributed by atoms with Gasteiger partial charge in [0.05, 0.1) is 31.8 Å². The zero-order valence-corrected chi connectivity index (χ0v) is 22.1. The lowest BCUT2D eigenvalue weighted by molar-refractivity contribution is -0.956. The standard InChI is InChI=1S/C32H36NO3.ClH/c34-31(36-30-22-28-18-19-29(23-30)33(28)20-10-11-21-33)32(26-14-6-2-7-15-26,27-16-8-3-9-17-27)35-24-25-12-4-1-5-13-25;/h1-9,12-17,28-30H,10-11,18-24H2;1H/q+1;/p-1. The van der Waals surface area contributed by atoms with Crippen molar-refractivity contribution < 1.29 is 31.2 Å². The molecule has 0 saturated carbocycles. The highest BCUT2D eigenvalue weighted by Crippen LogP contribution is 2.47. The molecule has 3 aliphatic heterocycles. The Morgan fingerprint density at radius 3 is 1.76 bits per heavy atom. The average molecular weight is 518 g/mol. The monoisotopic (exact) mass is 517 g/mol. The minimum atomic E-state index is -1.32. The van der Waals surface area contributed by atoms with Gasteiger partial charge in [0.1, 0.15) is 6.10 Å². The maximum Gasteiger partial charge on any atom is 0.348 e. The lowest BCUT2D eigenvalue weighted by atomic mass is 9.85. The van der Waals surface area contributed by atoms with Crippen molar-refractivity contribution in [3.05, 3.63) is 108 Å². The fourth-order valence-corrected chi connectivity index (χ4v) is 7.28. The molecule has 4 nitrogen and oxygen atoms in total. The maximum absolute atomic E-state index is 14.3. The second kappa shape index (κ2) is 11.0. The van der Waals surface area contributed by atoms with Gasteiger partial charge in [-0.15, -0.1) is 0 Å². The smallest absolute Gasteiger partial charge is 0.348 e. The number of carbonyl (C=O) groups excluding carboxylic acids is 1. The quantitative estimate of drug-likeness (QED) is 0.357. The summed E-state index contributed by atoms with van der Waals surface area (Å²) in [6, 6.07) is 31.1. The van der Waals surface area contributed by atoms with Gasteiger partial charge in [0.2, 0.25) is 5.60 Å². The Morgan fingerprint density at radius 1 is 0.757 bits per heavy atom. The van der Waals surface area contributed by atoms with E-state index in [0.717, 1.165) is 29.5 Å². The number of nitrogens with zero attached hydrogens (tertiary/aromatic N) is 1. The van der Waals surface area contributed by atoms with E-state index in [0.29, 0.717) is 18.7 Å². The molecule has 1 spiro atoms. The molecule has 2 bridgehead atoms. The van der Waals surface area contributed by atoms with E-state index in [1.54, 1.807) is 0 Å². The minimum Gasteiger partial charge on any atom is -1.00 e. The SMILES string of the molecule is O=C(OC1CC2CCC(C1)[N+]21CCCC1)C(OCc1ccccc1)(c1ccccc1)c1ccccc1.[Cl-]. The van der Waals surface area contributed by atoms with E-state index in [9.17, 15) is 4.79 Å². The summed E-state index contributed by atoms with van der Waals surface area (Å²) in [6.45, 7) is 2.94. The van der Waals surface area contributed by atoms with Crippen LogP contribution in [0.3, 0.4) is 0 Å². The second-order valence-electron chi connectivity index (χ2n) is 10.8. The summed E-state index contributed by atoms with van der Waals surface area (Å²) in [5, 5.41) is 0. The topological polar surface area (TPSA) is 35.5 Å². The zero-order valence-electron chi connectivity index (χ0n) is 21.3. The summed E-state index contributed by atoms with van der Waals surface area (Å²) in [7, 11) is 0. The third-order valence-corrected chi connectivity index (χ3v) is 8.98. The molecule has 3 aliphatic rings. The first-order chi connectivity index (χ1) is 17.7. The van der Waals surface area contributed by atoms with E-state index in [1.807, 2.05) is 91.0 Å². The van der Waals surface area contributed by atoms with Crippen molar-refractivity contribution in [2.24, 2.45) is 0 Å². The molecular formula is C32H36ClNO3. The van der Waals surface area contributed by atoms with Crippen LogP contribution in [0.5, 0.6) is 0 Å². The van der Waals surface area contributed by atoms with Gasteiger partial charge in [-0.25, -0.2) is 4.79 Å². The van der Waals surface area contributed by atoms with Crippen LogP contribution in [-0.2, 0) is 26.5 Å². The van der Waals surface area contributed by atoms with Gasteiger partial charge in [-0.3, -0.25) is 0 Å². The first-order valence-electron chi connectivity index (χ1n) is 13.6. The number of piperidine rings is 1. The molecule has 37 heavy (non-hydrogen) atoms. The van der Waals surface area contributed by atoms with Crippen LogP contribution in [0.1, 0.15) is 55.2 Å². The summed E-state index contributed by atoms with van der Waals surface area (Å²) in [5.74, 6) is -0.296. The van der Waals surface area contributed by atoms with E-state index in [2.05, 4.69) is 0 Å². The molecule has 5 heteroatoms. The Kier molecular flexibility index (Phi) is 7.71. The lowest BCUT2D eigenvalue weighted by Gasteiger charge is -2.47. The Balaban J connectivity index is 0.00000280. The molecule has 194 valence electrons. The molecule has 3 fully saturated rings. The normalized spacial score (nSPS) is 23.9. The highest BCUT2D eigenvalue weighted by Gasteiger charge is 2.56. The molecule has 0 radical (unpaired) electrons. The summed E-state index contributed by atoms with van der Waals surface area (Å²) in [5.41, 5.74) is 1.31. The van der Waals surface area contributed by atoms with Gasteiger partial charge in [0.25, 0.3) is 0 Å². The molecule has 3 saturated heterocycles. The molecule has 0 N–H and O–H groups in total. The average Bonchev–Trinajstić information content (AvgIpc) is 3.47. The van der Waals surface area contributed by atoms with Gasteiger partial charge in [-0.1, -0.05) is 91.0 Å². The minimum absolute atomic E-state index is 0. The third kappa shape index (κ3) is 4.71. The van der Waals surface area contributed by atoms with Crippen molar-refractivity contribution >= 4 is 5.97 Å². The number of benzene rings is 3. The largest absolute Gasteiger partial charge is 1.00 e. The molecule has 0 aromatic heterocycles. The molecule has 0 aliphatic carbocycles. The van der Waals surface area contributed by atoms with Crippen LogP contribution in [0.15, 0.2) is 91.0 Å². The van der Waals surface area contributed by atoms with Crippen molar-refractivity contribution in [3.8, 4) is 0 Å². The summed E-state index contributed by atoms with van der Waals surface area (Å²) in [6.07, 6.45) is 7.12. The Hall–Kier alpha value is -2.66. The predicted molar refractivity (Wildman–Crippen MR) is 140 cm³/mol. The van der Waals surface area contributed by atoms with Gasteiger partial charge in [0.15, 0.2) is 0 Å². The van der Waals surface area contributed by atoms with Crippen molar-refractivity contribution in [3.63, 3.8) is 0 Å². The third-order valence-electron chi connectivity index (χ3n) is 8.98. The Bertz CT molecular complexity index is 1110. The number of esters is 1. The highest BCUT2D eigenvalue weighted by molar-refractivity contribution is 5.86. The van der Waals surface area contributed by atoms with Crippen LogP contribution in [0, 0.1) is 0 Å². The van der Waals surface area contributed by atoms with Crippen LogP contribution in [0.2, 0.25) is 0 Å². The molecule has 2 atom stereocenters. The van der Waals surface area contributed by atoms with Crippen LogP contribution < -0.4 is 12.4 Å². The van der Waals surface area contributed by atoms with Crippen LogP contribution in [0.4, 0.5) is 0 Å². The van der Waals surface area contributed by atoms with E-state index in [4.69, 9.17) is 9.47 Å². The molecule has 0 amide bonds. The molecule has 2 unspecified atom stereocenters. The molecule has 3 heterocycles. The Labute approximate surface area is 226 Å². The van der Waals surface area contributed by atoms with Crippen molar-refractivity contribution in [1.29, 1.82) is 0 Å². The first kappa shape index (κ1) is 26.0.